The predicted molar refractivity (Wildman–Crippen MR) is 96.7 cm³/mol. The first-order valence-electron chi connectivity index (χ1n) is 6.68. The van der Waals surface area contributed by atoms with Crippen molar-refractivity contribution in [3.05, 3.63) is 23.8 Å². The average Bonchev–Trinajstić information content (AvgIpc) is 2.50. The van der Waals surface area contributed by atoms with Crippen molar-refractivity contribution in [3.8, 4) is 23.8 Å². The minimum Gasteiger partial charge on any atom is -0.497 e. The third-order valence-electron chi connectivity index (χ3n) is 2.60. The van der Waals surface area contributed by atoms with Gasteiger partial charge in [0.2, 0.25) is 0 Å². The second-order valence-corrected chi connectivity index (χ2v) is 4.10. The number of halogens is 3. The molecule has 5 nitrogen and oxygen atoms in total. The topological polar surface area (TPSA) is 54.9 Å². The molecule has 1 rings (SSSR count). The first kappa shape index (κ1) is 21.2. The number of nitrogens with one attached hydrogen (secondary N) is 2. The van der Waals surface area contributed by atoms with Gasteiger partial charge in [-0.15, -0.1) is 30.4 Å². The molecule has 0 aliphatic heterocycles. The van der Waals surface area contributed by atoms with Gasteiger partial charge in [-0.25, -0.2) is 4.99 Å². The summed E-state index contributed by atoms with van der Waals surface area (Å²) >= 11 is 0. The average molecular weight is 439 g/mol. The number of nitrogens with zero attached hydrogens (tertiary/aromatic N) is 1. The van der Waals surface area contributed by atoms with Crippen molar-refractivity contribution >= 4 is 29.9 Å². The van der Waals surface area contributed by atoms with Gasteiger partial charge in [0.15, 0.2) is 5.96 Å². The quantitative estimate of drug-likeness (QED) is 0.297. The van der Waals surface area contributed by atoms with Gasteiger partial charge in [-0.1, -0.05) is 5.92 Å². The van der Waals surface area contributed by atoms with E-state index in [1.165, 1.54) is 13.2 Å². The van der Waals surface area contributed by atoms with Gasteiger partial charge >= 0.3 is 6.61 Å². The number of rotatable bonds is 7. The summed E-state index contributed by atoms with van der Waals surface area (Å²) in [6, 6.07) is 4.69. The summed E-state index contributed by atoms with van der Waals surface area (Å²) in [6.45, 7) is 0.119. The van der Waals surface area contributed by atoms with Crippen LogP contribution in [0.2, 0.25) is 0 Å². The maximum atomic E-state index is 12.5. The molecular formula is C15H20F2IN3O2. The molecule has 0 amide bonds. The fourth-order valence-electron chi connectivity index (χ4n) is 1.64. The number of hydrogen-bond acceptors (Lipinski definition) is 3. The highest BCUT2D eigenvalue weighted by atomic mass is 127. The Balaban J connectivity index is 0.00000484. The Hall–Kier alpha value is -1.76. The first-order chi connectivity index (χ1) is 10.6. The molecule has 0 aromatic heterocycles. The monoisotopic (exact) mass is 439 g/mol. The third-order valence-corrected chi connectivity index (χ3v) is 2.60. The Bertz CT molecular complexity index is 548. The van der Waals surface area contributed by atoms with Gasteiger partial charge in [0.25, 0.3) is 0 Å². The van der Waals surface area contributed by atoms with E-state index in [1.54, 1.807) is 12.1 Å². The zero-order chi connectivity index (χ0) is 16.4. The summed E-state index contributed by atoms with van der Waals surface area (Å²) in [5.41, 5.74) is 0.513. The SMILES string of the molecule is C#CCNC(=NCc1ccc(OC)cc1OC(F)F)NCC.I. The van der Waals surface area contributed by atoms with Crippen molar-refractivity contribution < 1.29 is 18.3 Å². The number of alkyl halides is 2. The second-order valence-electron chi connectivity index (χ2n) is 4.10. The van der Waals surface area contributed by atoms with Gasteiger partial charge in [0, 0.05) is 18.2 Å². The Morgan fingerprint density at radius 1 is 1.39 bits per heavy atom. The highest BCUT2D eigenvalue weighted by Crippen LogP contribution is 2.26. The summed E-state index contributed by atoms with van der Waals surface area (Å²) in [4.78, 5) is 4.28. The van der Waals surface area contributed by atoms with Crippen LogP contribution in [0.5, 0.6) is 11.5 Å². The van der Waals surface area contributed by atoms with Crippen LogP contribution in [0.4, 0.5) is 8.78 Å². The van der Waals surface area contributed by atoms with Gasteiger partial charge in [-0.2, -0.15) is 8.78 Å². The van der Waals surface area contributed by atoms with E-state index in [4.69, 9.17) is 11.2 Å². The lowest BCUT2D eigenvalue weighted by molar-refractivity contribution is -0.0505. The van der Waals surface area contributed by atoms with Crippen LogP contribution in [0.15, 0.2) is 23.2 Å². The van der Waals surface area contributed by atoms with Crippen LogP contribution in [-0.2, 0) is 6.54 Å². The Morgan fingerprint density at radius 3 is 2.70 bits per heavy atom. The molecule has 2 N–H and O–H groups in total. The first-order valence-corrected chi connectivity index (χ1v) is 6.68. The smallest absolute Gasteiger partial charge is 0.387 e. The van der Waals surface area contributed by atoms with Gasteiger partial charge in [-0.05, 0) is 19.1 Å². The highest BCUT2D eigenvalue weighted by Gasteiger charge is 2.11. The fourth-order valence-corrected chi connectivity index (χ4v) is 1.64. The molecule has 1 aromatic rings. The molecule has 8 heteroatoms. The maximum absolute atomic E-state index is 12.5. The van der Waals surface area contributed by atoms with E-state index >= 15 is 0 Å². The predicted octanol–water partition coefficient (Wildman–Crippen LogP) is 2.60. The van der Waals surface area contributed by atoms with Crippen molar-refractivity contribution in [2.75, 3.05) is 20.2 Å². The molecule has 0 saturated heterocycles. The molecule has 128 valence electrons. The van der Waals surface area contributed by atoms with E-state index in [-0.39, 0.29) is 36.3 Å². The summed E-state index contributed by atoms with van der Waals surface area (Å²) in [7, 11) is 1.45. The molecule has 23 heavy (non-hydrogen) atoms. The molecule has 1 aromatic carbocycles. The van der Waals surface area contributed by atoms with Crippen LogP contribution in [0.1, 0.15) is 12.5 Å². The summed E-state index contributed by atoms with van der Waals surface area (Å²) in [5.74, 6) is 3.40. The van der Waals surface area contributed by atoms with E-state index in [9.17, 15) is 8.78 Å². The van der Waals surface area contributed by atoms with Crippen LogP contribution in [0, 0.1) is 12.3 Å². The Kier molecular flexibility index (Phi) is 10.9. The molecule has 0 heterocycles. The second kappa shape index (κ2) is 11.8. The lowest BCUT2D eigenvalue weighted by Gasteiger charge is -2.12. The van der Waals surface area contributed by atoms with Crippen molar-refractivity contribution in [2.45, 2.75) is 20.1 Å². The van der Waals surface area contributed by atoms with E-state index in [0.717, 1.165) is 0 Å². The van der Waals surface area contributed by atoms with E-state index in [0.29, 0.717) is 30.4 Å². The normalized spacial score (nSPS) is 10.5. The molecule has 0 spiro atoms. The van der Waals surface area contributed by atoms with Crippen LogP contribution in [0.3, 0.4) is 0 Å². The molecule has 0 aliphatic carbocycles. The zero-order valence-corrected chi connectivity index (χ0v) is 15.3. The number of ether oxygens (including phenoxy) is 2. The number of aliphatic imine (C=N–C) groups is 1. The van der Waals surface area contributed by atoms with Crippen LogP contribution < -0.4 is 20.1 Å². The van der Waals surface area contributed by atoms with Gasteiger partial charge < -0.3 is 20.1 Å². The molecule has 0 atom stereocenters. The zero-order valence-electron chi connectivity index (χ0n) is 12.9. The molecule has 0 unspecified atom stereocenters. The summed E-state index contributed by atoms with van der Waals surface area (Å²) < 4.78 is 34.5. The molecule has 0 saturated carbocycles. The van der Waals surface area contributed by atoms with Gasteiger partial charge in [-0.3, -0.25) is 0 Å². The summed E-state index contributed by atoms with van der Waals surface area (Å²) in [5, 5.41) is 5.91. The fraction of sp³-hybridized carbons (Fsp3) is 0.400. The van der Waals surface area contributed by atoms with Crippen molar-refractivity contribution in [3.63, 3.8) is 0 Å². The van der Waals surface area contributed by atoms with Crippen molar-refractivity contribution in [2.24, 2.45) is 4.99 Å². The highest BCUT2D eigenvalue weighted by molar-refractivity contribution is 14.0. The molecule has 0 fully saturated rings. The largest absolute Gasteiger partial charge is 0.497 e. The van der Waals surface area contributed by atoms with Crippen LogP contribution in [0.25, 0.3) is 0 Å². The number of terminal acetylenes is 1. The summed E-state index contributed by atoms with van der Waals surface area (Å²) in [6.07, 6.45) is 5.18. The molecule has 0 aliphatic rings. The van der Waals surface area contributed by atoms with Crippen molar-refractivity contribution in [1.82, 2.24) is 10.6 Å². The number of guanidine groups is 1. The van der Waals surface area contributed by atoms with Crippen LogP contribution in [-0.4, -0.2) is 32.8 Å². The number of benzene rings is 1. The molecular weight excluding hydrogens is 419 g/mol. The standard InChI is InChI=1S/C15H19F2N3O2.HI/c1-4-8-19-15(18-5-2)20-10-11-6-7-12(21-3)9-13(11)22-14(16)17;/h1,6-7,9,14H,5,8,10H2,2-3H3,(H2,18,19,20);1H. The minimum absolute atomic E-state index is 0. The van der Waals surface area contributed by atoms with Crippen molar-refractivity contribution in [1.29, 1.82) is 0 Å². The molecule has 0 radical (unpaired) electrons. The maximum Gasteiger partial charge on any atom is 0.387 e. The van der Waals surface area contributed by atoms with Gasteiger partial charge in [0.1, 0.15) is 11.5 Å². The van der Waals surface area contributed by atoms with Gasteiger partial charge in [0.05, 0.1) is 20.2 Å². The molecule has 0 bridgehead atoms. The van der Waals surface area contributed by atoms with E-state index in [1.807, 2.05) is 6.92 Å². The Labute approximate surface area is 151 Å². The lowest BCUT2D eigenvalue weighted by Crippen LogP contribution is -2.37. The minimum atomic E-state index is -2.91. The lowest BCUT2D eigenvalue weighted by atomic mass is 10.2. The van der Waals surface area contributed by atoms with Crippen LogP contribution >= 0.6 is 24.0 Å². The number of methoxy groups -OCH3 is 1. The van der Waals surface area contributed by atoms with E-state index in [2.05, 4.69) is 26.3 Å². The number of hydrogen-bond donors (Lipinski definition) is 2. The van der Waals surface area contributed by atoms with E-state index < -0.39 is 6.61 Å². The third kappa shape index (κ3) is 7.88. The Morgan fingerprint density at radius 2 is 2.13 bits per heavy atom.